The molecule has 0 bridgehead atoms. The average Bonchev–Trinajstić information content (AvgIpc) is 3.39. The molecule has 0 atom stereocenters. The van der Waals surface area contributed by atoms with E-state index in [1.54, 1.807) is 23.2 Å². The van der Waals surface area contributed by atoms with E-state index in [4.69, 9.17) is 15.8 Å². The minimum atomic E-state index is -0.756. The van der Waals surface area contributed by atoms with E-state index in [0.29, 0.717) is 50.5 Å². The number of halogens is 1. The number of benzene rings is 2. The molecule has 12 heteroatoms. The highest BCUT2D eigenvalue weighted by Crippen LogP contribution is 2.33. The maximum atomic E-state index is 13.9. The molecule has 0 amide bonds. The summed E-state index contributed by atoms with van der Waals surface area (Å²) in [5.41, 5.74) is 10.2. The van der Waals surface area contributed by atoms with Crippen molar-refractivity contribution in [3.8, 4) is 22.7 Å². The van der Waals surface area contributed by atoms with E-state index in [-0.39, 0.29) is 17.9 Å². The fourth-order valence-electron chi connectivity index (χ4n) is 4.73. The molecule has 0 radical (unpaired) electrons. The molecule has 2 aromatic carbocycles. The summed E-state index contributed by atoms with van der Waals surface area (Å²) in [6, 6.07) is 11.4. The number of hydrogen-bond acceptors (Lipinski definition) is 8. The molecule has 4 aromatic heterocycles. The Bertz CT molecular complexity index is 1960. The van der Waals surface area contributed by atoms with E-state index in [9.17, 15) is 14.3 Å². The Labute approximate surface area is 214 Å². The number of nitrogens with zero attached hydrogens (tertiary/aromatic N) is 8. The SMILES string of the molecule is Cc1ccccc1-n1c(Cn2nc(-c3ccc(F)c(O)c3)c3c(N)ncnc32)nc2c(C)nn(C)c2c1=O. The molecule has 0 aliphatic rings. The van der Waals surface area contributed by atoms with Crippen LogP contribution >= 0.6 is 0 Å². The van der Waals surface area contributed by atoms with Crippen LogP contribution in [0.2, 0.25) is 0 Å². The quantitative estimate of drug-likeness (QED) is 0.368. The molecule has 38 heavy (non-hydrogen) atoms. The van der Waals surface area contributed by atoms with Gasteiger partial charge in [-0.25, -0.2) is 24.0 Å². The van der Waals surface area contributed by atoms with Gasteiger partial charge < -0.3 is 10.8 Å². The van der Waals surface area contributed by atoms with Gasteiger partial charge in [0.15, 0.2) is 22.7 Å². The van der Waals surface area contributed by atoms with Crippen LogP contribution in [0.25, 0.3) is 39.0 Å². The van der Waals surface area contributed by atoms with Crippen LogP contribution in [0, 0.1) is 19.7 Å². The summed E-state index contributed by atoms with van der Waals surface area (Å²) in [5, 5.41) is 19.5. The van der Waals surface area contributed by atoms with Gasteiger partial charge in [0.05, 0.1) is 16.8 Å². The Morgan fingerprint density at radius 3 is 2.63 bits per heavy atom. The van der Waals surface area contributed by atoms with Crippen LogP contribution in [0.5, 0.6) is 5.75 Å². The summed E-state index contributed by atoms with van der Waals surface area (Å²) in [4.78, 5) is 27.2. The first kappa shape index (κ1) is 23.3. The van der Waals surface area contributed by atoms with Crippen molar-refractivity contribution in [1.82, 2.24) is 39.1 Å². The molecule has 0 aliphatic carbocycles. The van der Waals surface area contributed by atoms with Gasteiger partial charge in [0.25, 0.3) is 5.56 Å². The summed E-state index contributed by atoms with van der Waals surface area (Å²) in [6.07, 6.45) is 1.32. The van der Waals surface area contributed by atoms with E-state index in [1.807, 2.05) is 31.2 Å². The van der Waals surface area contributed by atoms with Gasteiger partial charge in [0.2, 0.25) is 0 Å². The fourth-order valence-corrected chi connectivity index (χ4v) is 4.73. The lowest BCUT2D eigenvalue weighted by Crippen LogP contribution is -2.27. The van der Waals surface area contributed by atoms with Crippen molar-refractivity contribution in [2.45, 2.75) is 20.4 Å². The molecule has 11 nitrogen and oxygen atoms in total. The van der Waals surface area contributed by atoms with E-state index in [2.05, 4.69) is 15.1 Å². The molecule has 0 fully saturated rings. The summed E-state index contributed by atoms with van der Waals surface area (Å²) in [7, 11) is 1.71. The molecule has 6 aromatic rings. The molecule has 0 saturated carbocycles. The predicted octanol–water partition coefficient (Wildman–Crippen LogP) is 3.02. The van der Waals surface area contributed by atoms with Crippen molar-refractivity contribution in [2.24, 2.45) is 7.05 Å². The standard InChI is InChI=1S/C26H22FN9O2/c1-13-6-4-5-7-17(13)36-19(31-21-14(2)32-34(3)23(21)26(36)38)11-35-25-20(24(28)29-12-30-25)22(33-35)15-8-9-16(27)18(37)10-15/h4-10,12,37H,11H2,1-3H3,(H2,28,29,30). The van der Waals surface area contributed by atoms with E-state index >= 15 is 0 Å². The number of aromatic nitrogens is 8. The zero-order valence-corrected chi connectivity index (χ0v) is 20.7. The Morgan fingerprint density at radius 1 is 1.08 bits per heavy atom. The number of phenolic OH excluding ortho intramolecular Hbond substituents is 1. The number of fused-ring (bicyclic) bond motifs is 2. The first-order valence-corrected chi connectivity index (χ1v) is 11.7. The van der Waals surface area contributed by atoms with Crippen molar-refractivity contribution >= 4 is 27.9 Å². The van der Waals surface area contributed by atoms with Crippen molar-refractivity contribution in [3.63, 3.8) is 0 Å². The molecule has 0 unspecified atom stereocenters. The minimum Gasteiger partial charge on any atom is -0.505 e. The van der Waals surface area contributed by atoms with Gasteiger partial charge in [0.1, 0.15) is 35.7 Å². The Kier molecular flexibility index (Phi) is 5.19. The lowest BCUT2D eigenvalue weighted by atomic mass is 10.1. The Hall–Kier alpha value is -5.13. The normalized spacial score (nSPS) is 11.6. The third-order valence-corrected chi connectivity index (χ3v) is 6.52. The highest BCUT2D eigenvalue weighted by atomic mass is 19.1. The highest BCUT2D eigenvalue weighted by molar-refractivity contribution is 5.98. The fraction of sp³-hybridized carbons (Fsp3) is 0.154. The third-order valence-electron chi connectivity index (χ3n) is 6.52. The zero-order valence-electron chi connectivity index (χ0n) is 20.7. The number of nitrogens with two attached hydrogens (primary N) is 1. The molecule has 6 rings (SSSR count). The van der Waals surface area contributed by atoms with Gasteiger partial charge in [-0.2, -0.15) is 10.2 Å². The second kappa shape index (κ2) is 8.47. The topological polar surface area (TPSA) is 143 Å². The lowest BCUT2D eigenvalue weighted by molar-refractivity contribution is 0.432. The van der Waals surface area contributed by atoms with Crippen molar-refractivity contribution < 1.29 is 9.50 Å². The average molecular weight is 512 g/mol. The van der Waals surface area contributed by atoms with Crippen molar-refractivity contribution in [2.75, 3.05) is 5.73 Å². The van der Waals surface area contributed by atoms with Gasteiger partial charge in [-0.3, -0.25) is 14.0 Å². The highest BCUT2D eigenvalue weighted by Gasteiger charge is 2.23. The summed E-state index contributed by atoms with van der Waals surface area (Å²) >= 11 is 0. The monoisotopic (exact) mass is 511 g/mol. The number of anilines is 1. The molecule has 0 saturated heterocycles. The zero-order chi connectivity index (χ0) is 26.7. The first-order valence-electron chi connectivity index (χ1n) is 11.7. The third kappa shape index (κ3) is 3.49. The van der Waals surface area contributed by atoms with Gasteiger partial charge in [-0.05, 0) is 43.7 Å². The van der Waals surface area contributed by atoms with E-state index in [0.717, 1.165) is 11.6 Å². The van der Waals surface area contributed by atoms with Crippen LogP contribution < -0.4 is 11.3 Å². The lowest BCUT2D eigenvalue weighted by Gasteiger charge is -2.15. The predicted molar refractivity (Wildman–Crippen MR) is 139 cm³/mol. The largest absolute Gasteiger partial charge is 0.505 e. The van der Waals surface area contributed by atoms with Gasteiger partial charge in [0, 0.05) is 12.6 Å². The maximum absolute atomic E-state index is 13.9. The molecule has 0 spiro atoms. The maximum Gasteiger partial charge on any atom is 0.284 e. The van der Waals surface area contributed by atoms with Crippen LogP contribution in [-0.4, -0.2) is 44.2 Å². The first-order chi connectivity index (χ1) is 18.2. The van der Waals surface area contributed by atoms with Crippen LogP contribution in [0.15, 0.2) is 53.6 Å². The minimum absolute atomic E-state index is 0.0496. The number of nitrogen functional groups attached to an aromatic ring is 1. The Morgan fingerprint density at radius 2 is 1.87 bits per heavy atom. The molecule has 190 valence electrons. The van der Waals surface area contributed by atoms with E-state index in [1.165, 1.54) is 23.1 Å². The van der Waals surface area contributed by atoms with Crippen molar-refractivity contribution in [3.05, 3.63) is 82.0 Å². The number of aromatic hydroxyl groups is 1. The van der Waals surface area contributed by atoms with Crippen molar-refractivity contribution in [1.29, 1.82) is 0 Å². The van der Waals surface area contributed by atoms with Crippen LogP contribution in [0.4, 0.5) is 10.2 Å². The van der Waals surface area contributed by atoms with Crippen LogP contribution in [-0.2, 0) is 13.6 Å². The number of hydrogen-bond donors (Lipinski definition) is 2. The van der Waals surface area contributed by atoms with Gasteiger partial charge in [-0.15, -0.1) is 0 Å². The van der Waals surface area contributed by atoms with Gasteiger partial charge >= 0.3 is 0 Å². The van der Waals surface area contributed by atoms with Gasteiger partial charge in [-0.1, -0.05) is 18.2 Å². The number of aryl methyl sites for hydroxylation is 3. The molecule has 3 N–H and O–H groups in total. The molecular formula is C26H22FN9O2. The number of rotatable bonds is 4. The molecular weight excluding hydrogens is 489 g/mol. The number of phenols is 1. The van der Waals surface area contributed by atoms with Crippen LogP contribution in [0.3, 0.4) is 0 Å². The second-order valence-electron chi connectivity index (χ2n) is 8.99. The smallest absolute Gasteiger partial charge is 0.284 e. The molecule has 4 heterocycles. The van der Waals surface area contributed by atoms with Crippen LogP contribution in [0.1, 0.15) is 17.1 Å². The van der Waals surface area contributed by atoms with E-state index < -0.39 is 11.6 Å². The summed E-state index contributed by atoms with van der Waals surface area (Å²) < 4.78 is 18.4. The summed E-state index contributed by atoms with van der Waals surface area (Å²) in [6.45, 7) is 3.77. The Balaban J connectivity index is 1.63. The molecule has 0 aliphatic heterocycles. The number of para-hydroxylation sites is 1. The summed E-state index contributed by atoms with van der Waals surface area (Å²) in [5.74, 6) is -0.702. The second-order valence-corrected chi connectivity index (χ2v) is 8.99.